The van der Waals surface area contributed by atoms with Gasteiger partial charge in [-0.1, -0.05) is 37.7 Å². The molecule has 0 fully saturated rings. The van der Waals surface area contributed by atoms with Gasteiger partial charge in [0.1, 0.15) is 6.33 Å². The van der Waals surface area contributed by atoms with Crippen LogP contribution in [0.3, 0.4) is 0 Å². The van der Waals surface area contributed by atoms with E-state index in [1.54, 1.807) is 30.3 Å². The number of aryl methyl sites for hydroxylation is 1. The normalized spacial score (nSPS) is 11.0. The molecular weight excluding hydrogens is 336 g/mol. The van der Waals surface area contributed by atoms with Crippen LogP contribution in [0.15, 0.2) is 48.0 Å². The zero-order valence-corrected chi connectivity index (χ0v) is 15.2. The van der Waals surface area contributed by atoms with Crippen molar-refractivity contribution in [3.8, 4) is 5.69 Å². The molecule has 130 valence electrons. The molecule has 0 aliphatic rings. The van der Waals surface area contributed by atoms with Crippen LogP contribution < -0.4 is 5.32 Å². The van der Waals surface area contributed by atoms with Crippen molar-refractivity contribution in [2.75, 3.05) is 11.1 Å². The maximum atomic E-state index is 12.0. The van der Waals surface area contributed by atoms with Crippen LogP contribution in [0.1, 0.15) is 25.3 Å². The summed E-state index contributed by atoms with van der Waals surface area (Å²) < 4.78 is 3.52. The third-order valence-corrected chi connectivity index (χ3v) is 4.61. The molecule has 25 heavy (non-hydrogen) atoms. The van der Waals surface area contributed by atoms with Gasteiger partial charge < -0.3 is 5.32 Å². The molecule has 0 radical (unpaired) electrons. The second kappa shape index (κ2) is 7.52. The summed E-state index contributed by atoms with van der Waals surface area (Å²) in [6.45, 7) is 4.32. The summed E-state index contributed by atoms with van der Waals surface area (Å²) in [5.41, 5.74) is 2.25. The summed E-state index contributed by atoms with van der Waals surface area (Å²) in [7, 11) is 1.80. The zero-order valence-electron chi connectivity index (χ0n) is 14.4. The minimum Gasteiger partial charge on any atom is -0.308 e. The Morgan fingerprint density at radius 3 is 2.64 bits per heavy atom. The van der Waals surface area contributed by atoms with E-state index in [4.69, 9.17) is 0 Å². The molecule has 0 saturated heterocycles. The van der Waals surface area contributed by atoms with Gasteiger partial charge in [-0.05, 0) is 23.6 Å². The minimum absolute atomic E-state index is 0.131. The number of thioether (sulfide) groups is 1. The van der Waals surface area contributed by atoms with Gasteiger partial charge in [0.25, 0.3) is 0 Å². The Labute approximate surface area is 150 Å². The third kappa shape index (κ3) is 4.27. The van der Waals surface area contributed by atoms with Crippen molar-refractivity contribution in [1.82, 2.24) is 24.5 Å². The highest BCUT2D eigenvalue weighted by Crippen LogP contribution is 2.22. The first kappa shape index (κ1) is 17.2. The SMILES string of the molecule is CC(C)c1ccc(-n2cnnc2SCC(=O)Nc2ccn(C)n2)cc1. The van der Waals surface area contributed by atoms with Crippen LogP contribution >= 0.6 is 11.8 Å². The number of carbonyl (C=O) groups excluding carboxylic acids is 1. The predicted molar refractivity (Wildman–Crippen MR) is 98.0 cm³/mol. The third-order valence-electron chi connectivity index (χ3n) is 3.67. The number of nitrogens with zero attached hydrogens (tertiary/aromatic N) is 5. The van der Waals surface area contributed by atoms with Crippen molar-refractivity contribution < 1.29 is 4.79 Å². The minimum atomic E-state index is -0.131. The summed E-state index contributed by atoms with van der Waals surface area (Å²) in [5, 5.41) is 15.6. The van der Waals surface area contributed by atoms with Crippen molar-refractivity contribution in [2.24, 2.45) is 7.05 Å². The number of aromatic nitrogens is 5. The zero-order chi connectivity index (χ0) is 17.8. The number of hydrogen-bond donors (Lipinski definition) is 1. The van der Waals surface area contributed by atoms with Gasteiger partial charge in [-0.3, -0.25) is 14.0 Å². The lowest BCUT2D eigenvalue weighted by Gasteiger charge is -2.09. The molecule has 1 aromatic carbocycles. The number of carbonyl (C=O) groups is 1. The van der Waals surface area contributed by atoms with Crippen LogP contribution in [0.25, 0.3) is 5.69 Å². The Morgan fingerprint density at radius 2 is 2.00 bits per heavy atom. The van der Waals surface area contributed by atoms with Crippen molar-refractivity contribution >= 4 is 23.5 Å². The lowest BCUT2D eigenvalue weighted by Crippen LogP contribution is -2.15. The van der Waals surface area contributed by atoms with E-state index in [1.165, 1.54) is 17.3 Å². The van der Waals surface area contributed by atoms with Crippen LogP contribution in [0.2, 0.25) is 0 Å². The van der Waals surface area contributed by atoms with Crippen molar-refractivity contribution in [3.63, 3.8) is 0 Å². The molecule has 0 spiro atoms. The van der Waals surface area contributed by atoms with Gasteiger partial charge in [0, 0.05) is 25.0 Å². The highest BCUT2D eigenvalue weighted by Gasteiger charge is 2.11. The number of amides is 1. The topological polar surface area (TPSA) is 77.6 Å². The van der Waals surface area contributed by atoms with Gasteiger partial charge in [0.15, 0.2) is 11.0 Å². The first-order chi connectivity index (χ1) is 12.0. The highest BCUT2D eigenvalue weighted by molar-refractivity contribution is 7.99. The maximum Gasteiger partial charge on any atom is 0.236 e. The van der Waals surface area contributed by atoms with Gasteiger partial charge in [0.05, 0.1) is 5.75 Å². The van der Waals surface area contributed by atoms with Crippen LogP contribution in [0.4, 0.5) is 5.82 Å². The number of rotatable bonds is 6. The van der Waals surface area contributed by atoms with Gasteiger partial charge in [-0.15, -0.1) is 10.2 Å². The summed E-state index contributed by atoms with van der Waals surface area (Å²) in [4.78, 5) is 12.0. The second-order valence-corrected chi connectivity index (χ2v) is 6.88. The quantitative estimate of drug-likeness (QED) is 0.687. The molecule has 0 saturated carbocycles. The van der Waals surface area contributed by atoms with Gasteiger partial charge in [0.2, 0.25) is 5.91 Å². The molecule has 0 bridgehead atoms. The predicted octanol–water partition coefficient (Wildman–Crippen LogP) is 2.86. The first-order valence-corrected chi connectivity index (χ1v) is 8.94. The van der Waals surface area contributed by atoms with Crippen molar-refractivity contribution in [2.45, 2.75) is 24.9 Å². The van der Waals surface area contributed by atoms with E-state index >= 15 is 0 Å². The molecule has 3 aromatic rings. The van der Waals surface area contributed by atoms with Crippen LogP contribution in [0, 0.1) is 0 Å². The standard InChI is InChI=1S/C17H20N6OS/c1-12(2)13-4-6-14(7-5-13)23-11-18-20-17(23)25-10-16(24)19-15-8-9-22(3)21-15/h4-9,11-12H,10H2,1-3H3,(H,19,21,24). The Bertz CT molecular complexity index is 852. The van der Waals surface area contributed by atoms with Crippen LogP contribution in [0.5, 0.6) is 0 Å². The lowest BCUT2D eigenvalue weighted by molar-refractivity contribution is -0.113. The summed E-state index contributed by atoms with van der Waals surface area (Å²) in [6, 6.07) is 10.0. The first-order valence-electron chi connectivity index (χ1n) is 7.95. The Hall–Kier alpha value is -2.61. The Balaban J connectivity index is 1.64. The molecular formula is C17H20N6OS. The summed E-state index contributed by atoms with van der Waals surface area (Å²) in [5.74, 6) is 1.13. The monoisotopic (exact) mass is 356 g/mol. The summed E-state index contributed by atoms with van der Waals surface area (Å²) >= 11 is 1.34. The average Bonchev–Trinajstić information content (AvgIpc) is 3.22. The van der Waals surface area contributed by atoms with Gasteiger partial charge >= 0.3 is 0 Å². The molecule has 3 rings (SSSR count). The molecule has 1 N–H and O–H groups in total. The highest BCUT2D eigenvalue weighted by atomic mass is 32.2. The van der Waals surface area contributed by atoms with E-state index in [0.717, 1.165) is 5.69 Å². The molecule has 0 unspecified atom stereocenters. The van der Waals surface area contributed by atoms with Gasteiger partial charge in [-0.2, -0.15) is 5.10 Å². The maximum absolute atomic E-state index is 12.0. The van der Waals surface area contributed by atoms with E-state index in [1.807, 2.05) is 16.7 Å². The van der Waals surface area contributed by atoms with Gasteiger partial charge in [-0.25, -0.2) is 0 Å². The Kier molecular flexibility index (Phi) is 5.18. The number of anilines is 1. The molecule has 0 aliphatic heterocycles. The number of benzene rings is 1. The molecule has 1 amide bonds. The van der Waals surface area contributed by atoms with E-state index in [9.17, 15) is 4.79 Å². The number of nitrogens with one attached hydrogen (secondary N) is 1. The molecule has 8 heteroatoms. The largest absolute Gasteiger partial charge is 0.308 e. The van der Waals surface area contributed by atoms with Crippen LogP contribution in [-0.2, 0) is 11.8 Å². The van der Waals surface area contributed by atoms with Crippen molar-refractivity contribution in [1.29, 1.82) is 0 Å². The average molecular weight is 356 g/mol. The Morgan fingerprint density at radius 1 is 1.24 bits per heavy atom. The molecule has 0 atom stereocenters. The molecule has 2 aromatic heterocycles. The fourth-order valence-corrected chi connectivity index (χ4v) is 3.04. The van der Waals surface area contributed by atoms with E-state index < -0.39 is 0 Å². The van der Waals surface area contributed by atoms with E-state index in [0.29, 0.717) is 16.9 Å². The van der Waals surface area contributed by atoms with E-state index in [-0.39, 0.29) is 11.7 Å². The number of hydrogen-bond acceptors (Lipinski definition) is 5. The fourth-order valence-electron chi connectivity index (χ4n) is 2.31. The van der Waals surface area contributed by atoms with E-state index in [2.05, 4.69) is 46.6 Å². The molecule has 0 aliphatic carbocycles. The fraction of sp³-hybridized carbons (Fsp3) is 0.294. The smallest absolute Gasteiger partial charge is 0.236 e. The summed E-state index contributed by atoms with van der Waals surface area (Å²) in [6.07, 6.45) is 3.43. The van der Waals surface area contributed by atoms with Crippen molar-refractivity contribution in [3.05, 3.63) is 48.4 Å². The molecule has 2 heterocycles. The van der Waals surface area contributed by atoms with Crippen LogP contribution in [-0.4, -0.2) is 36.2 Å². The molecule has 7 nitrogen and oxygen atoms in total. The lowest BCUT2D eigenvalue weighted by atomic mass is 10.0. The second-order valence-electron chi connectivity index (χ2n) is 5.94.